The van der Waals surface area contributed by atoms with Crippen molar-refractivity contribution in [3.05, 3.63) is 31.2 Å². The van der Waals surface area contributed by atoms with Crippen molar-refractivity contribution in [2.24, 2.45) is 9.98 Å². The summed E-state index contributed by atoms with van der Waals surface area (Å²) in [5.41, 5.74) is 1.14. The van der Waals surface area contributed by atoms with Gasteiger partial charge in [-0.15, -0.1) is 22.7 Å². The molecule has 4 rings (SSSR count). The second-order valence-electron chi connectivity index (χ2n) is 8.70. The third-order valence-electron chi connectivity index (χ3n) is 5.84. The number of ketones is 4. The van der Waals surface area contributed by atoms with Crippen LogP contribution in [0.4, 0.5) is 0 Å². The number of hydrogen-bond acceptors (Lipinski definition) is 11. The minimum atomic E-state index is -0.224. The number of aryl methyl sites for hydroxylation is 2. The lowest BCUT2D eigenvalue weighted by molar-refractivity contribution is 0.0965. The molecule has 0 saturated heterocycles. The van der Waals surface area contributed by atoms with E-state index in [1.54, 1.807) is 13.8 Å². The van der Waals surface area contributed by atoms with Crippen LogP contribution in [0.3, 0.4) is 0 Å². The highest BCUT2D eigenvalue weighted by atomic mass is 32.1. The maximum absolute atomic E-state index is 12.5. The van der Waals surface area contributed by atoms with E-state index < -0.39 is 0 Å². The maximum Gasteiger partial charge on any atom is 0.227 e. The molecule has 0 radical (unpaired) electrons. The van der Waals surface area contributed by atoms with Gasteiger partial charge < -0.3 is 4.90 Å². The van der Waals surface area contributed by atoms with Crippen LogP contribution in [0.5, 0.6) is 0 Å². The first-order valence-corrected chi connectivity index (χ1v) is 13.2. The number of carbonyl (C=O) groups excluding carboxylic acids is 4. The average molecular weight is 514 g/mol. The summed E-state index contributed by atoms with van der Waals surface area (Å²) in [6.45, 7) is 6.24. The van der Waals surface area contributed by atoms with Crippen LogP contribution in [0.2, 0.25) is 0 Å². The SMILES string of the molecule is Cc1nc2c(s1)C(=O)CC(=NCCCCN(C)CCCN=C1CC(=O)c3sc(C)nc3C1=O)C2=O. The molecule has 2 aromatic heterocycles. The first-order chi connectivity index (χ1) is 16.7. The second-order valence-corrected chi connectivity index (χ2v) is 11.1. The zero-order valence-electron chi connectivity index (χ0n) is 20.0. The number of unbranched alkanes of at least 4 members (excludes halogenated alkanes) is 1. The largest absolute Gasteiger partial charge is 0.306 e. The van der Waals surface area contributed by atoms with Crippen molar-refractivity contribution in [1.82, 2.24) is 14.9 Å². The van der Waals surface area contributed by atoms with Gasteiger partial charge in [-0.2, -0.15) is 0 Å². The van der Waals surface area contributed by atoms with Crippen LogP contribution >= 0.6 is 22.7 Å². The first-order valence-electron chi connectivity index (χ1n) is 11.6. The van der Waals surface area contributed by atoms with Gasteiger partial charge in [0.15, 0.2) is 11.6 Å². The van der Waals surface area contributed by atoms with Gasteiger partial charge in [0.1, 0.15) is 21.1 Å². The van der Waals surface area contributed by atoms with Crippen molar-refractivity contribution >= 4 is 57.2 Å². The number of carbonyl (C=O) groups is 4. The molecule has 0 aromatic carbocycles. The monoisotopic (exact) mass is 513 g/mol. The Kier molecular flexibility index (Phi) is 7.88. The molecule has 11 heteroatoms. The molecule has 2 aromatic rings. The van der Waals surface area contributed by atoms with Crippen molar-refractivity contribution in [2.45, 2.75) is 46.0 Å². The van der Waals surface area contributed by atoms with Gasteiger partial charge in [0.25, 0.3) is 0 Å². The Morgan fingerprint density at radius 2 is 1.20 bits per heavy atom. The van der Waals surface area contributed by atoms with Gasteiger partial charge in [0.2, 0.25) is 11.6 Å². The number of rotatable bonds is 9. The second kappa shape index (κ2) is 10.9. The number of nitrogens with zero attached hydrogens (tertiary/aromatic N) is 5. The highest BCUT2D eigenvalue weighted by molar-refractivity contribution is 7.14. The van der Waals surface area contributed by atoms with Crippen molar-refractivity contribution in [2.75, 3.05) is 33.2 Å². The van der Waals surface area contributed by atoms with Crippen LogP contribution in [-0.2, 0) is 0 Å². The lowest BCUT2D eigenvalue weighted by atomic mass is 9.98. The number of hydrogen-bond donors (Lipinski definition) is 0. The van der Waals surface area contributed by atoms with Crippen molar-refractivity contribution in [3.63, 3.8) is 0 Å². The molecule has 0 amide bonds. The zero-order chi connectivity index (χ0) is 25.1. The molecule has 2 heterocycles. The summed E-state index contributed by atoms with van der Waals surface area (Å²) < 4.78 is 0. The third-order valence-corrected chi connectivity index (χ3v) is 7.86. The van der Waals surface area contributed by atoms with Crippen molar-refractivity contribution < 1.29 is 19.2 Å². The molecule has 2 aliphatic rings. The van der Waals surface area contributed by atoms with E-state index >= 15 is 0 Å². The molecule has 0 unspecified atom stereocenters. The molecule has 0 bridgehead atoms. The first kappa shape index (κ1) is 25.3. The van der Waals surface area contributed by atoms with E-state index in [0.717, 1.165) is 37.4 Å². The van der Waals surface area contributed by atoms with Crippen LogP contribution in [0.15, 0.2) is 9.98 Å². The number of aliphatic imine (C=N–C) groups is 2. The Hall–Kier alpha value is -2.76. The topological polar surface area (TPSA) is 122 Å². The van der Waals surface area contributed by atoms with Gasteiger partial charge in [0, 0.05) is 13.1 Å². The van der Waals surface area contributed by atoms with E-state index in [1.807, 2.05) is 7.05 Å². The molecule has 184 valence electrons. The molecule has 35 heavy (non-hydrogen) atoms. The smallest absolute Gasteiger partial charge is 0.227 e. The van der Waals surface area contributed by atoms with Crippen LogP contribution in [0.25, 0.3) is 0 Å². The quantitative estimate of drug-likeness (QED) is 0.471. The van der Waals surface area contributed by atoms with Gasteiger partial charge >= 0.3 is 0 Å². The predicted molar refractivity (Wildman–Crippen MR) is 136 cm³/mol. The summed E-state index contributed by atoms with van der Waals surface area (Å²) >= 11 is 2.54. The molecule has 0 spiro atoms. The van der Waals surface area contributed by atoms with Gasteiger partial charge in [0.05, 0.1) is 34.3 Å². The Balaban J connectivity index is 1.16. The van der Waals surface area contributed by atoms with E-state index in [4.69, 9.17) is 0 Å². The molecular formula is C24H27N5O4S2. The summed E-state index contributed by atoms with van der Waals surface area (Å²) in [5, 5.41) is 1.43. The molecule has 0 N–H and O–H groups in total. The fourth-order valence-corrected chi connectivity index (χ4v) is 5.77. The third kappa shape index (κ3) is 5.74. The van der Waals surface area contributed by atoms with Gasteiger partial charge in [-0.25, -0.2) is 9.97 Å². The summed E-state index contributed by atoms with van der Waals surface area (Å²) in [6, 6.07) is 0. The van der Waals surface area contributed by atoms with E-state index in [9.17, 15) is 19.2 Å². The molecule has 0 aliphatic heterocycles. The summed E-state index contributed by atoms with van der Waals surface area (Å²) in [7, 11) is 2.02. The van der Waals surface area contributed by atoms with Gasteiger partial charge in [-0.05, 0) is 53.2 Å². The van der Waals surface area contributed by atoms with Crippen molar-refractivity contribution in [1.29, 1.82) is 0 Å². The van der Waals surface area contributed by atoms with Crippen LogP contribution in [-0.4, -0.2) is 82.7 Å². The van der Waals surface area contributed by atoms with Crippen LogP contribution in [0, 0.1) is 13.8 Å². The Bertz CT molecular complexity index is 1260. The van der Waals surface area contributed by atoms with Crippen molar-refractivity contribution in [3.8, 4) is 0 Å². The van der Waals surface area contributed by atoms with E-state index in [0.29, 0.717) is 39.3 Å². The minimum absolute atomic E-state index is 0.0588. The summed E-state index contributed by atoms with van der Waals surface area (Å²) in [6.07, 6.45) is 2.62. The van der Waals surface area contributed by atoms with Gasteiger partial charge in [-0.1, -0.05) is 0 Å². The number of fused-ring (bicyclic) bond motifs is 2. The number of Topliss-reactive ketones (excluding diaryl/α,β-unsaturated/α-hetero) is 4. The molecular weight excluding hydrogens is 486 g/mol. The van der Waals surface area contributed by atoms with E-state index in [-0.39, 0.29) is 47.4 Å². The van der Waals surface area contributed by atoms with E-state index in [2.05, 4.69) is 24.9 Å². The Morgan fingerprint density at radius 1 is 0.743 bits per heavy atom. The Morgan fingerprint density at radius 3 is 1.71 bits per heavy atom. The lowest BCUT2D eigenvalue weighted by Crippen LogP contribution is -2.27. The normalized spacial score (nSPS) is 18.2. The fourth-order valence-electron chi connectivity index (χ4n) is 4.07. The minimum Gasteiger partial charge on any atom is -0.306 e. The summed E-state index contributed by atoms with van der Waals surface area (Å²) in [4.78, 5) is 69.8. The predicted octanol–water partition coefficient (Wildman–Crippen LogP) is 3.44. The lowest BCUT2D eigenvalue weighted by Gasteiger charge is -2.16. The Labute approximate surface area is 211 Å². The van der Waals surface area contributed by atoms with Crippen LogP contribution in [0.1, 0.15) is 82.4 Å². The van der Waals surface area contributed by atoms with E-state index in [1.165, 1.54) is 22.7 Å². The zero-order valence-corrected chi connectivity index (χ0v) is 21.7. The standard InChI is InChI=1S/C24H27N5O4S2/c1-13-27-19-21(32)15(11-17(30)23(19)34-13)25-7-4-5-9-29(3)10-6-8-26-16-12-18(31)24-20(22(16)33)28-14(2)35-24/h4-12H2,1-3H3. The fraction of sp³-hybridized carbons (Fsp3) is 0.500. The molecule has 2 aliphatic carbocycles. The number of thiazole rings is 2. The maximum atomic E-state index is 12.5. The summed E-state index contributed by atoms with van der Waals surface area (Å²) in [5.74, 6) is -0.597. The number of aromatic nitrogens is 2. The van der Waals surface area contributed by atoms with Crippen LogP contribution < -0.4 is 0 Å². The highest BCUT2D eigenvalue weighted by Gasteiger charge is 2.33. The molecule has 0 atom stereocenters. The molecule has 9 nitrogen and oxygen atoms in total. The average Bonchev–Trinajstić information content (AvgIpc) is 3.41. The molecule has 0 fully saturated rings. The highest BCUT2D eigenvalue weighted by Crippen LogP contribution is 2.26. The molecule has 0 saturated carbocycles. The van der Waals surface area contributed by atoms with Gasteiger partial charge in [-0.3, -0.25) is 29.2 Å².